The van der Waals surface area contributed by atoms with Gasteiger partial charge in [-0.15, -0.1) is 0 Å². The second-order valence-corrected chi connectivity index (χ2v) is 11.4. The summed E-state index contributed by atoms with van der Waals surface area (Å²) in [5.41, 5.74) is -0.530. The molecule has 38 heavy (non-hydrogen) atoms. The topological polar surface area (TPSA) is 104 Å². The minimum atomic E-state index is -1.73. The number of halogens is 1. The van der Waals surface area contributed by atoms with E-state index in [1.54, 1.807) is 30.4 Å². The molecule has 1 aromatic carbocycles. The number of aromatic nitrogens is 3. The van der Waals surface area contributed by atoms with E-state index < -0.39 is 23.5 Å². The molecule has 1 aliphatic heterocycles. The summed E-state index contributed by atoms with van der Waals surface area (Å²) in [5, 5.41) is 15.0. The van der Waals surface area contributed by atoms with Gasteiger partial charge >= 0.3 is 6.09 Å². The van der Waals surface area contributed by atoms with Crippen LogP contribution in [0.25, 0.3) is 10.8 Å². The summed E-state index contributed by atoms with van der Waals surface area (Å²) in [5.74, 6) is 1.71. The van der Waals surface area contributed by atoms with Gasteiger partial charge in [-0.3, -0.25) is 4.90 Å². The molecule has 0 saturated carbocycles. The van der Waals surface area contributed by atoms with Crippen LogP contribution in [-0.4, -0.2) is 63.7 Å². The minimum absolute atomic E-state index is 0.0114. The van der Waals surface area contributed by atoms with Gasteiger partial charge in [0.05, 0.1) is 18.3 Å². The van der Waals surface area contributed by atoms with E-state index in [1.807, 2.05) is 39.0 Å². The van der Waals surface area contributed by atoms with Gasteiger partial charge in [-0.05, 0) is 69.2 Å². The van der Waals surface area contributed by atoms with E-state index in [1.165, 1.54) is 11.8 Å². The van der Waals surface area contributed by atoms with Gasteiger partial charge in [0.2, 0.25) is 5.95 Å². The Bertz CT molecular complexity index is 1320. The number of ether oxygens (including phenoxy) is 1. The molecule has 9 nitrogen and oxygen atoms in total. The van der Waals surface area contributed by atoms with E-state index in [-0.39, 0.29) is 12.5 Å². The van der Waals surface area contributed by atoms with Gasteiger partial charge in [0, 0.05) is 31.4 Å². The van der Waals surface area contributed by atoms with Crippen LogP contribution in [0.2, 0.25) is 0 Å². The number of hydrogen-bond acceptors (Lipinski definition) is 8. The molecule has 10 heteroatoms. The third-order valence-corrected chi connectivity index (χ3v) is 6.61. The summed E-state index contributed by atoms with van der Waals surface area (Å²) in [4.78, 5) is 29.5. The molecular weight excluding hydrogens is 487 g/mol. The number of fused-ring (bicyclic) bond motifs is 1. The van der Waals surface area contributed by atoms with Gasteiger partial charge in [0.1, 0.15) is 17.2 Å². The number of carbonyl (C=O) groups is 1. The van der Waals surface area contributed by atoms with Crippen molar-refractivity contribution < 1.29 is 19.0 Å². The molecule has 1 amide bonds. The van der Waals surface area contributed by atoms with Gasteiger partial charge in [-0.25, -0.2) is 19.2 Å². The predicted octanol–water partition coefficient (Wildman–Crippen LogP) is 5.56. The molecule has 0 spiro atoms. The first kappa shape index (κ1) is 27.5. The summed E-state index contributed by atoms with van der Waals surface area (Å²) >= 11 is 0. The largest absolute Gasteiger partial charge is 0.443 e. The normalized spacial score (nSPS) is 20.1. The number of anilines is 4. The Kier molecular flexibility index (Phi) is 7.47. The summed E-state index contributed by atoms with van der Waals surface area (Å²) in [7, 11) is 1.69. The van der Waals surface area contributed by atoms with Crippen LogP contribution in [-0.2, 0) is 4.74 Å². The van der Waals surface area contributed by atoms with Crippen LogP contribution in [0, 0.1) is 0 Å². The number of amides is 1. The number of piperidine rings is 1. The third-order valence-electron chi connectivity index (χ3n) is 6.61. The molecule has 1 saturated heterocycles. The molecule has 0 radical (unpaired) electrons. The third kappa shape index (κ3) is 5.96. The smallest absolute Gasteiger partial charge is 0.414 e. The van der Waals surface area contributed by atoms with Crippen molar-refractivity contribution in [3.8, 4) is 0 Å². The summed E-state index contributed by atoms with van der Waals surface area (Å²) in [6, 6.07) is 7.60. The molecule has 2 N–H and O–H groups in total. The highest BCUT2D eigenvalue weighted by Crippen LogP contribution is 2.35. The Hall–Kier alpha value is -3.53. The van der Waals surface area contributed by atoms with E-state index in [0.29, 0.717) is 36.2 Å². The van der Waals surface area contributed by atoms with E-state index >= 15 is 0 Å². The lowest BCUT2D eigenvalue weighted by Crippen LogP contribution is -2.52. The first-order valence-corrected chi connectivity index (χ1v) is 12.9. The van der Waals surface area contributed by atoms with Crippen LogP contribution < -0.4 is 15.1 Å². The second-order valence-electron chi connectivity index (χ2n) is 11.4. The molecule has 0 bridgehead atoms. The summed E-state index contributed by atoms with van der Waals surface area (Å²) < 4.78 is 20.3. The van der Waals surface area contributed by atoms with Crippen LogP contribution in [0.5, 0.6) is 0 Å². The Labute approximate surface area is 223 Å². The molecule has 2 atom stereocenters. The van der Waals surface area contributed by atoms with Crippen LogP contribution in [0.3, 0.4) is 0 Å². The lowest BCUT2D eigenvalue weighted by Gasteiger charge is -2.38. The molecular formula is C28H37FN6O3. The van der Waals surface area contributed by atoms with Crippen molar-refractivity contribution in [1.82, 2.24) is 15.0 Å². The van der Waals surface area contributed by atoms with Crippen molar-refractivity contribution in [1.29, 1.82) is 0 Å². The Morgan fingerprint density at radius 2 is 1.97 bits per heavy atom. The van der Waals surface area contributed by atoms with E-state index in [4.69, 9.17) is 4.74 Å². The molecule has 204 valence electrons. The van der Waals surface area contributed by atoms with Gasteiger partial charge < -0.3 is 20.1 Å². The lowest BCUT2D eigenvalue weighted by molar-refractivity contribution is -0.00860. The van der Waals surface area contributed by atoms with Crippen LogP contribution >= 0.6 is 0 Å². The number of alkyl halides is 1. The second kappa shape index (κ2) is 10.3. The van der Waals surface area contributed by atoms with Gasteiger partial charge in [0.15, 0.2) is 5.67 Å². The minimum Gasteiger partial charge on any atom is -0.443 e. The lowest BCUT2D eigenvalue weighted by atomic mass is 9.94. The number of benzene rings is 1. The highest BCUT2D eigenvalue weighted by atomic mass is 19.1. The first-order valence-electron chi connectivity index (χ1n) is 12.9. The number of nitrogens with one attached hydrogen (secondary N) is 1. The number of rotatable bonds is 5. The average Bonchev–Trinajstić information content (AvgIpc) is 2.83. The van der Waals surface area contributed by atoms with Crippen molar-refractivity contribution in [3.63, 3.8) is 0 Å². The highest BCUT2D eigenvalue weighted by Gasteiger charge is 2.39. The molecule has 4 rings (SSSR count). The molecule has 2 aromatic heterocycles. The van der Waals surface area contributed by atoms with E-state index in [0.717, 1.165) is 16.3 Å². The number of aliphatic hydroxyl groups is 1. The zero-order valence-corrected chi connectivity index (χ0v) is 23.1. The number of carbonyl (C=O) groups excluding carboxylic acids is 1. The summed E-state index contributed by atoms with van der Waals surface area (Å²) in [6.07, 6.45) is 2.21. The van der Waals surface area contributed by atoms with Gasteiger partial charge in [0.25, 0.3) is 0 Å². The number of aliphatic hydroxyl groups excluding tert-OH is 1. The highest BCUT2D eigenvalue weighted by molar-refractivity contribution is 6.03. The molecule has 1 fully saturated rings. The Balaban J connectivity index is 1.64. The fraction of sp³-hybridized carbons (Fsp3) is 0.500. The van der Waals surface area contributed by atoms with Crippen molar-refractivity contribution in [3.05, 3.63) is 42.2 Å². The first-order chi connectivity index (χ1) is 17.7. The maximum Gasteiger partial charge on any atom is 0.414 e. The number of nitrogens with zero attached hydrogens (tertiary/aromatic N) is 5. The molecule has 0 unspecified atom stereocenters. The van der Waals surface area contributed by atoms with Crippen LogP contribution in [0.1, 0.15) is 59.4 Å². The molecule has 1 aliphatic rings. The quantitative estimate of drug-likeness (QED) is 0.447. The van der Waals surface area contributed by atoms with Crippen molar-refractivity contribution in [2.45, 2.75) is 71.3 Å². The zero-order chi connectivity index (χ0) is 27.8. The van der Waals surface area contributed by atoms with Crippen LogP contribution in [0.4, 0.5) is 32.5 Å². The number of hydrogen-bond donors (Lipinski definition) is 2. The van der Waals surface area contributed by atoms with E-state index in [9.17, 15) is 14.3 Å². The molecule has 3 aromatic rings. The zero-order valence-electron chi connectivity index (χ0n) is 23.1. The monoisotopic (exact) mass is 524 g/mol. The van der Waals surface area contributed by atoms with Crippen molar-refractivity contribution in [2.24, 2.45) is 0 Å². The predicted molar refractivity (Wildman–Crippen MR) is 148 cm³/mol. The van der Waals surface area contributed by atoms with Gasteiger partial charge in [-0.2, -0.15) is 4.98 Å². The fourth-order valence-corrected chi connectivity index (χ4v) is 4.55. The molecule has 3 heterocycles. The van der Waals surface area contributed by atoms with Gasteiger partial charge in [-0.1, -0.05) is 19.9 Å². The van der Waals surface area contributed by atoms with Crippen molar-refractivity contribution in [2.75, 3.05) is 35.3 Å². The standard InChI is InChI=1S/C28H37FN6O3/c1-17(2)18-8-9-21(34(7)26(37)38-27(3,4)5)20-15-31-24(14-19(18)20)32-23-10-12-30-25(33-23)35-13-11-22(36)28(6,29)16-35/h8-10,12,14-15,17,22,36H,11,13,16H2,1-7H3,(H,30,31,32,33)/t22-,28+/m1/s1. The average molecular weight is 525 g/mol. The maximum absolute atomic E-state index is 14.7. The van der Waals surface area contributed by atoms with Crippen molar-refractivity contribution >= 4 is 40.1 Å². The summed E-state index contributed by atoms with van der Waals surface area (Å²) in [6.45, 7) is 11.6. The Morgan fingerprint density at radius 1 is 1.24 bits per heavy atom. The number of pyridine rings is 1. The molecule has 0 aliphatic carbocycles. The maximum atomic E-state index is 14.7. The fourth-order valence-electron chi connectivity index (χ4n) is 4.55. The van der Waals surface area contributed by atoms with E-state index in [2.05, 4.69) is 34.1 Å². The van der Waals surface area contributed by atoms with Crippen LogP contribution in [0.15, 0.2) is 36.7 Å². The SMILES string of the molecule is CC(C)c1ccc(N(C)C(=O)OC(C)(C)C)c2cnc(Nc3ccnc(N4CC[C@@H](O)[C@@](C)(F)C4)n3)cc12. The Morgan fingerprint density at radius 3 is 2.63 bits per heavy atom.